The molecule has 0 N–H and O–H groups in total. The van der Waals surface area contributed by atoms with Gasteiger partial charge in [0.2, 0.25) is 0 Å². The van der Waals surface area contributed by atoms with Crippen LogP contribution in [0.15, 0.2) is 12.1 Å². The number of alkyl halides is 3. The van der Waals surface area contributed by atoms with E-state index in [0.29, 0.717) is 25.4 Å². The van der Waals surface area contributed by atoms with Gasteiger partial charge in [0.25, 0.3) is 0 Å². The Morgan fingerprint density at radius 1 is 1.21 bits per heavy atom. The van der Waals surface area contributed by atoms with Gasteiger partial charge < -0.3 is 9.47 Å². The van der Waals surface area contributed by atoms with Crippen LogP contribution in [0.5, 0.6) is 5.75 Å². The lowest BCUT2D eigenvalue weighted by Gasteiger charge is -2.32. The summed E-state index contributed by atoms with van der Waals surface area (Å²) in [7, 11) is 2.60. The summed E-state index contributed by atoms with van der Waals surface area (Å²) in [5, 5.41) is 3.52. The highest BCUT2D eigenvalue weighted by Crippen LogP contribution is 2.45. The van der Waals surface area contributed by atoms with Gasteiger partial charge in [-0.05, 0) is 62.2 Å². The Morgan fingerprint density at radius 2 is 1.88 bits per heavy atom. The van der Waals surface area contributed by atoms with Gasteiger partial charge in [0.1, 0.15) is 16.7 Å². The number of aryl methyl sites for hydroxylation is 1. The number of benzene rings is 1. The molecule has 1 aromatic heterocycles. The van der Waals surface area contributed by atoms with Crippen LogP contribution in [-0.2, 0) is 24.5 Å². The second-order valence-corrected chi connectivity index (χ2v) is 9.26. The third-order valence-corrected chi connectivity index (χ3v) is 6.90. The van der Waals surface area contributed by atoms with E-state index in [-0.39, 0.29) is 34.7 Å². The van der Waals surface area contributed by atoms with Crippen molar-refractivity contribution < 1.29 is 31.8 Å². The normalized spacial score (nSPS) is 17.7. The standard InChI is InChI=1S/C23H26ClF4N3O3/c1-30-21(24)17(20(29-30)23(26,27)28)11-31-7-5-13(6-8-31)12-34-19-10-18(25)16(22(32)33-2)9-15(19)14-3-4-14/h9-10,13-14H,3-8,11-12H2,1-2H3. The van der Waals surface area contributed by atoms with Gasteiger partial charge in [-0.1, -0.05) is 11.6 Å². The summed E-state index contributed by atoms with van der Waals surface area (Å²) in [6, 6.07) is 2.77. The Kier molecular flexibility index (Phi) is 7.09. The van der Waals surface area contributed by atoms with Gasteiger partial charge in [0.05, 0.1) is 19.3 Å². The number of ether oxygens (including phenoxy) is 2. The number of carbonyl (C=O) groups excluding carboxylic acids is 1. The molecule has 1 saturated carbocycles. The highest BCUT2D eigenvalue weighted by atomic mass is 35.5. The fraction of sp³-hybridized carbons (Fsp3) is 0.565. The van der Waals surface area contributed by atoms with Crippen LogP contribution in [0.3, 0.4) is 0 Å². The number of likely N-dealkylation sites (tertiary alicyclic amines) is 1. The van der Waals surface area contributed by atoms with E-state index in [1.807, 2.05) is 4.90 Å². The summed E-state index contributed by atoms with van der Waals surface area (Å²) < 4.78 is 66.0. The molecule has 6 nitrogen and oxygen atoms in total. The minimum Gasteiger partial charge on any atom is -0.493 e. The van der Waals surface area contributed by atoms with Crippen LogP contribution in [0, 0.1) is 11.7 Å². The minimum absolute atomic E-state index is 0.0113. The quantitative estimate of drug-likeness (QED) is 0.384. The monoisotopic (exact) mass is 503 g/mol. The number of methoxy groups -OCH3 is 1. The van der Waals surface area contributed by atoms with Crippen LogP contribution in [0.1, 0.15) is 58.8 Å². The molecule has 1 aliphatic heterocycles. The maximum Gasteiger partial charge on any atom is 0.435 e. The average Bonchev–Trinajstić information content (AvgIpc) is 3.60. The van der Waals surface area contributed by atoms with E-state index in [1.165, 1.54) is 26.3 Å². The molecule has 2 fully saturated rings. The molecular weight excluding hydrogens is 478 g/mol. The van der Waals surface area contributed by atoms with E-state index in [9.17, 15) is 22.4 Å². The summed E-state index contributed by atoms with van der Waals surface area (Å²) >= 11 is 6.08. The maximum absolute atomic E-state index is 14.4. The van der Waals surface area contributed by atoms with Crippen molar-refractivity contribution in [2.24, 2.45) is 13.0 Å². The van der Waals surface area contributed by atoms with Crippen LogP contribution < -0.4 is 4.74 Å². The molecule has 1 aromatic carbocycles. The number of aromatic nitrogens is 2. The Balaban J connectivity index is 1.36. The van der Waals surface area contributed by atoms with E-state index in [2.05, 4.69) is 9.84 Å². The number of hydrogen-bond acceptors (Lipinski definition) is 5. The smallest absolute Gasteiger partial charge is 0.435 e. The average molecular weight is 504 g/mol. The molecule has 4 rings (SSSR count). The van der Waals surface area contributed by atoms with Crippen LogP contribution in [-0.4, -0.2) is 47.5 Å². The predicted molar refractivity (Wildman–Crippen MR) is 116 cm³/mol. The number of rotatable bonds is 7. The number of esters is 1. The molecule has 1 saturated heterocycles. The van der Waals surface area contributed by atoms with Crippen LogP contribution in [0.2, 0.25) is 5.15 Å². The van der Waals surface area contributed by atoms with Crippen molar-refractivity contribution in [3.8, 4) is 5.75 Å². The second kappa shape index (κ2) is 9.73. The van der Waals surface area contributed by atoms with Gasteiger partial charge in [0.15, 0.2) is 5.69 Å². The molecule has 0 unspecified atom stereocenters. The summed E-state index contributed by atoms with van der Waals surface area (Å²) in [5.74, 6) is -0.548. The number of halogens is 5. The van der Waals surface area contributed by atoms with Gasteiger partial charge >= 0.3 is 12.1 Å². The minimum atomic E-state index is -4.57. The Morgan fingerprint density at radius 3 is 2.47 bits per heavy atom. The highest BCUT2D eigenvalue weighted by Gasteiger charge is 2.39. The molecule has 186 valence electrons. The lowest BCUT2D eigenvalue weighted by Crippen LogP contribution is -2.35. The molecule has 0 amide bonds. The van der Waals surface area contributed by atoms with Crippen molar-refractivity contribution in [2.75, 3.05) is 26.8 Å². The highest BCUT2D eigenvalue weighted by molar-refractivity contribution is 6.30. The van der Waals surface area contributed by atoms with Crippen molar-refractivity contribution in [1.29, 1.82) is 0 Å². The largest absolute Gasteiger partial charge is 0.493 e. The zero-order chi connectivity index (χ0) is 24.6. The molecule has 2 aliphatic rings. The fourth-order valence-electron chi connectivity index (χ4n) is 4.33. The second-order valence-electron chi connectivity index (χ2n) is 8.91. The SMILES string of the molecule is COC(=O)c1cc(C2CC2)c(OCC2CCN(Cc3c(C(F)(F)F)nn(C)c3Cl)CC2)cc1F. The molecule has 34 heavy (non-hydrogen) atoms. The third-order valence-electron chi connectivity index (χ3n) is 6.42. The van der Waals surface area contributed by atoms with Crippen molar-refractivity contribution in [2.45, 2.75) is 44.3 Å². The number of nitrogens with zero attached hydrogens (tertiary/aromatic N) is 3. The van der Waals surface area contributed by atoms with Gasteiger partial charge in [-0.25, -0.2) is 9.18 Å². The lowest BCUT2D eigenvalue weighted by molar-refractivity contribution is -0.142. The van der Waals surface area contributed by atoms with Gasteiger partial charge in [-0.2, -0.15) is 18.3 Å². The van der Waals surface area contributed by atoms with Crippen molar-refractivity contribution in [3.63, 3.8) is 0 Å². The Hall–Kier alpha value is -2.33. The van der Waals surface area contributed by atoms with Crippen molar-refractivity contribution in [3.05, 3.63) is 45.5 Å². The molecular formula is C23H26ClF4N3O3. The van der Waals surface area contributed by atoms with Crippen molar-refractivity contribution >= 4 is 17.6 Å². The lowest BCUT2D eigenvalue weighted by atomic mass is 9.97. The zero-order valence-corrected chi connectivity index (χ0v) is 19.7. The van der Waals surface area contributed by atoms with Crippen molar-refractivity contribution in [1.82, 2.24) is 14.7 Å². The van der Waals surface area contributed by atoms with Gasteiger partial charge in [0, 0.05) is 25.2 Å². The number of carbonyl (C=O) groups is 1. The molecule has 2 aromatic rings. The van der Waals surface area contributed by atoms with Gasteiger partial charge in [-0.15, -0.1) is 0 Å². The molecule has 1 aliphatic carbocycles. The first-order chi connectivity index (χ1) is 16.1. The fourth-order valence-corrected chi connectivity index (χ4v) is 4.52. The predicted octanol–water partition coefficient (Wildman–Crippen LogP) is 5.19. The van der Waals surface area contributed by atoms with Crippen LogP contribution >= 0.6 is 11.6 Å². The van der Waals surface area contributed by atoms with E-state index >= 15 is 0 Å². The van der Waals surface area contributed by atoms with E-state index in [1.54, 1.807) is 0 Å². The number of hydrogen-bond donors (Lipinski definition) is 0. The first-order valence-corrected chi connectivity index (χ1v) is 11.5. The van der Waals surface area contributed by atoms with E-state index < -0.39 is 23.7 Å². The molecule has 0 spiro atoms. The summed E-state index contributed by atoms with van der Waals surface area (Å²) in [5.41, 5.74) is -0.250. The first-order valence-electron chi connectivity index (χ1n) is 11.1. The number of piperidine rings is 1. The van der Waals surface area contributed by atoms with E-state index in [4.69, 9.17) is 16.3 Å². The van der Waals surface area contributed by atoms with Gasteiger partial charge in [-0.3, -0.25) is 9.58 Å². The summed E-state index contributed by atoms with van der Waals surface area (Å²) in [4.78, 5) is 13.7. The molecule has 0 radical (unpaired) electrons. The first kappa shape index (κ1) is 24.8. The summed E-state index contributed by atoms with van der Waals surface area (Å²) in [6.07, 6.45) is -1.21. The summed E-state index contributed by atoms with van der Waals surface area (Å²) in [6.45, 7) is 1.61. The van der Waals surface area contributed by atoms with Crippen LogP contribution in [0.25, 0.3) is 0 Å². The topological polar surface area (TPSA) is 56.6 Å². The van der Waals surface area contributed by atoms with E-state index in [0.717, 1.165) is 35.9 Å². The molecule has 11 heteroatoms. The third kappa shape index (κ3) is 5.33. The molecule has 0 bridgehead atoms. The Bertz CT molecular complexity index is 1060. The van der Waals surface area contributed by atoms with Crippen LogP contribution in [0.4, 0.5) is 17.6 Å². The maximum atomic E-state index is 14.4. The zero-order valence-electron chi connectivity index (χ0n) is 18.9. The Labute approximate surface area is 199 Å². The molecule has 0 atom stereocenters. The molecule has 2 heterocycles.